The van der Waals surface area contributed by atoms with Crippen LogP contribution in [-0.4, -0.2) is 59.2 Å². The summed E-state index contributed by atoms with van der Waals surface area (Å²) in [5.41, 5.74) is 5.06. The van der Waals surface area contributed by atoms with E-state index in [1.165, 1.54) is 0 Å². The SMILES string of the molecule is CCNC(=O)c1c(OC)cc(-n2cnc3cc(-c4cnn(C5CCOCC5)c4)ccc32)cc1OC. The van der Waals surface area contributed by atoms with Crippen molar-refractivity contribution in [3.63, 3.8) is 0 Å². The number of benzene rings is 2. The van der Waals surface area contributed by atoms with Gasteiger partial charge < -0.3 is 19.5 Å². The van der Waals surface area contributed by atoms with Gasteiger partial charge in [-0.15, -0.1) is 0 Å². The van der Waals surface area contributed by atoms with Gasteiger partial charge in [-0.1, -0.05) is 6.07 Å². The largest absolute Gasteiger partial charge is 0.496 e. The molecule has 0 unspecified atom stereocenters. The number of carbonyl (C=O) groups is 1. The predicted octanol–water partition coefficient (Wildman–Crippen LogP) is 4.01. The molecule has 0 aliphatic carbocycles. The number of imidazole rings is 1. The van der Waals surface area contributed by atoms with Gasteiger partial charge in [0.15, 0.2) is 0 Å². The second kappa shape index (κ2) is 9.79. The fourth-order valence-corrected chi connectivity index (χ4v) is 4.54. The van der Waals surface area contributed by atoms with Gasteiger partial charge in [0.25, 0.3) is 5.91 Å². The highest BCUT2D eigenvalue weighted by Crippen LogP contribution is 2.34. The summed E-state index contributed by atoms with van der Waals surface area (Å²) < 4.78 is 20.6. The molecule has 4 aromatic rings. The molecule has 0 radical (unpaired) electrons. The predicted molar refractivity (Wildman–Crippen MR) is 132 cm³/mol. The molecule has 0 saturated carbocycles. The summed E-state index contributed by atoms with van der Waals surface area (Å²) in [6.07, 6.45) is 7.74. The van der Waals surface area contributed by atoms with Crippen molar-refractivity contribution >= 4 is 16.9 Å². The van der Waals surface area contributed by atoms with Crippen LogP contribution >= 0.6 is 0 Å². The Morgan fingerprint density at radius 2 is 1.86 bits per heavy atom. The molecule has 1 fully saturated rings. The Hall–Kier alpha value is -3.85. The molecule has 35 heavy (non-hydrogen) atoms. The minimum absolute atomic E-state index is 0.241. The second-order valence-corrected chi connectivity index (χ2v) is 8.46. The summed E-state index contributed by atoms with van der Waals surface area (Å²) >= 11 is 0. The molecule has 1 aliphatic heterocycles. The molecule has 1 aliphatic rings. The molecule has 182 valence electrons. The third-order valence-electron chi connectivity index (χ3n) is 6.38. The van der Waals surface area contributed by atoms with Crippen molar-refractivity contribution in [2.45, 2.75) is 25.8 Å². The third kappa shape index (κ3) is 4.35. The lowest BCUT2D eigenvalue weighted by Gasteiger charge is -2.22. The van der Waals surface area contributed by atoms with Gasteiger partial charge in [0.1, 0.15) is 23.4 Å². The van der Waals surface area contributed by atoms with E-state index in [1.54, 1.807) is 20.5 Å². The van der Waals surface area contributed by atoms with Crippen molar-refractivity contribution in [3.8, 4) is 28.3 Å². The molecule has 1 N–H and O–H groups in total. The maximum Gasteiger partial charge on any atom is 0.258 e. The van der Waals surface area contributed by atoms with Crippen LogP contribution < -0.4 is 14.8 Å². The highest BCUT2D eigenvalue weighted by molar-refractivity contribution is 6.00. The number of nitrogens with zero attached hydrogens (tertiary/aromatic N) is 4. The fraction of sp³-hybridized carbons (Fsp3) is 0.346. The molecule has 1 amide bonds. The van der Waals surface area contributed by atoms with Gasteiger partial charge in [0.2, 0.25) is 0 Å². The summed E-state index contributed by atoms with van der Waals surface area (Å²) in [6, 6.07) is 10.2. The lowest BCUT2D eigenvalue weighted by Crippen LogP contribution is -2.24. The van der Waals surface area contributed by atoms with Gasteiger partial charge in [-0.25, -0.2) is 4.98 Å². The molecular weight excluding hydrogens is 446 g/mol. The number of ether oxygens (including phenoxy) is 3. The van der Waals surface area contributed by atoms with Crippen LogP contribution in [0.25, 0.3) is 27.8 Å². The van der Waals surface area contributed by atoms with E-state index in [2.05, 4.69) is 38.4 Å². The standard InChI is InChI=1S/C26H29N5O4/c1-4-27-26(32)25-23(33-2)12-20(13-24(25)34-3)30-16-28-21-11-17(5-6-22(21)30)18-14-29-31(15-18)19-7-9-35-10-8-19/h5-6,11-16,19H,4,7-10H2,1-3H3,(H,27,32). The Morgan fingerprint density at radius 1 is 1.11 bits per heavy atom. The number of aromatic nitrogens is 4. The minimum atomic E-state index is -0.241. The number of carbonyl (C=O) groups excluding carboxylic acids is 1. The van der Waals surface area contributed by atoms with E-state index in [-0.39, 0.29) is 5.91 Å². The van der Waals surface area contributed by atoms with E-state index in [0.29, 0.717) is 29.6 Å². The van der Waals surface area contributed by atoms with Crippen LogP contribution in [0.5, 0.6) is 11.5 Å². The monoisotopic (exact) mass is 475 g/mol. The lowest BCUT2D eigenvalue weighted by atomic mass is 10.1. The Bertz CT molecular complexity index is 1330. The minimum Gasteiger partial charge on any atom is -0.496 e. The van der Waals surface area contributed by atoms with E-state index < -0.39 is 0 Å². The van der Waals surface area contributed by atoms with E-state index in [9.17, 15) is 4.79 Å². The molecule has 2 aromatic heterocycles. The van der Waals surface area contributed by atoms with Crippen LogP contribution in [0.2, 0.25) is 0 Å². The van der Waals surface area contributed by atoms with Gasteiger partial charge in [-0.05, 0) is 37.5 Å². The Morgan fingerprint density at radius 3 is 2.54 bits per heavy atom. The highest BCUT2D eigenvalue weighted by atomic mass is 16.5. The summed E-state index contributed by atoms with van der Waals surface area (Å²) in [7, 11) is 3.08. The zero-order chi connectivity index (χ0) is 24.4. The van der Waals surface area contributed by atoms with E-state index in [1.807, 2.05) is 35.9 Å². The Kier molecular flexibility index (Phi) is 6.41. The maximum atomic E-state index is 12.6. The third-order valence-corrected chi connectivity index (χ3v) is 6.38. The topological polar surface area (TPSA) is 92.4 Å². The number of methoxy groups -OCH3 is 2. The van der Waals surface area contributed by atoms with E-state index in [0.717, 1.165) is 53.9 Å². The number of rotatable bonds is 7. The molecule has 5 rings (SSSR count). The molecule has 3 heterocycles. The quantitative estimate of drug-likeness (QED) is 0.434. The van der Waals surface area contributed by atoms with Crippen LogP contribution in [0.15, 0.2) is 49.1 Å². The van der Waals surface area contributed by atoms with E-state index in [4.69, 9.17) is 14.2 Å². The number of hydrogen-bond acceptors (Lipinski definition) is 6. The molecular formula is C26H29N5O4. The van der Waals surface area contributed by atoms with Crippen molar-refractivity contribution < 1.29 is 19.0 Å². The summed E-state index contributed by atoms with van der Waals surface area (Å²) in [4.78, 5) is 17.2. The highest BCUT2D eigenvalue weighted by Gasteiger charge is 2.21. The van der Waals surface area contributed by atoms with Gasteiger partial charge in [0.05, 0.1) is 43.2 Å². The number of amides is 1. The molecule has 2 aromatic carbocycles. The van der Waals surface area contributed by atoms with Crippen molar-refractivity contribution in [1.29, 1.82) is 0 Å². The van der Waals surface area contributed by atoms with Gasteiger partial charge in [-0.3, -0.25) is 14.0 Å². The van der Waals surface area contributed by atoms with Crippen molar-refractivity contribution in [1.82, 2.24) is 24.6 Å². The van der Waals surface area contributed by atoms with Crippen LogP contribution in [-0.2, 0) is 4.74 Å². The number of nitrogens with one attached hydrogen (secondary N) is 1. The summed E-state index contributed by atoms with van der Waals surface area (Å²) in [5.74, 6) is 0.628. The first-order valence-electron chi connectivity index (χ1n) is 11.8. The van der Waals surface area contributed by atoms with Crippen molar-refractivity contribution in [2.24, 2.45) is 0 Å². The molecule has 0 atom stereocenters. The van der Waals surface area contributed by atoms with Gasteiger partial charge >= 0.3 is 0 Å². The average Bonchev–Trinajstić information content (AvgIpc) is 3.56. The van der Waals surface area contributed by atoms with Crippen LogP contribution in [0.3, 0.4) is 0 Å². The molecule has 1 saturated heterocycles. The number of fused-ring (bicyclic) bond motifs is 1. The Balaban J connectivity index is 1.49. The zero-order valence-corrected chi connectivity index (χ0v) is 20.2. The van der Waals surface area contributed by atoms with E-state index >= 15 is 0 Å². The lowest BCUT2D eigenvalue weighted by molar-refractivity contribution is 0.0662. The summed E-state index contributed by atoms with van der Waals surface area (Å²) in [6.45, 7) is 3.94. The zero-order valence-electron chi connectivity index (χ0n) is 20.2. The first-order chi connectivity index (χ1) is 17.1. The summed E-state index contributed by atoms with van der Waals surface area (Å²) in [5, 5.41) is 7.41. The average molecular weight is 476 g/mol. The molecule has 9 heteroatoms. The van der Waals surface area contributed by atoms with Crippen molar-refractivity contribution in [2.75, 3.05) is 34.0 Å². The first-order valence-corrected chi connectivity index (χ1v) is 11.8. The Labute approximate surface area is 203 Å². The maximum absolute atomic E-state index is 12.6. The first kappa shape index (κ1) is 22.9. The smallest absolute Gasteiger partial charge is 0.258 e. The van der Waals surface area contributed by atoms with Crippen LogP contribution in [0.4, 0.5) is 0 Å². The van der Waals surface area contributed by atoms with Gasteiger partial charge in [-0.2, -0.15) is 5.10 Å². The van der Waals surface area contributed by atoms with Crippen molar-refractivity contribution in [3.05, 3.63) is 54.6 Å². The van der Waals surface area contributed by atoms with Crippen LogP contribution in [0.1, 0.15) is 36.2 Å². The molecule has 0 spiro atoms. The normalized spacial score (nSPS) is 14.3. The molecule has 0 bridgehead atoms. The fourth-order valence-electron chi connectivity index (χ4n) is 4.54. The second-order valence-electron chi connectivity index (χ2n) is 8.46. The van der Waals surface area contributed by atoms with Crippen LogP contribution in [0, 0.1) is 0 Å². The van der Waals surface area contributed by atoms with Gasteiger partial charge in [0, 0.05) is 43.7 Å². The molecule has 9 nitrogen and oxygen atoms in total. The number of hydrogen-bond donors (Lipinski definition) is 1.